The Morgan fingerprint density at radius 2 is 1.85 bits per heavy atom. The van der Waals surface area contributed by atoms with Crippen LogP contribution in [-0.4, -0.2) is 42.0 Å². The van der Waals surface area contributed by atoms with Crippen molar-refractivity contribution in [3.8, 4) is 0 Å². The molecule has 0 saturated heterocycles. The second-order valence-corrected chi connectivity index (χ2v) is 16.5. The van der Waals surface area contributed by atoms with Crippen LogP contribution in [0, 0.1) is 0 Å². The third-order valence-electron chi connectivity index (χ3n) is 6.49. The Balaban J connectivity index is 1.47. The standard InChI is InChI=1S/C26H36N4O3Si/c1-25(2,33-19-32-16-17-34(3,4)5)21-12-9-15-30-22(21)28-29-23(30)26(13-14-26)24(31)27-18-20-10-7-6-8-11-20/h6-12,15H,13-14,16-19H2,1-5H3,(H,27,31). The highest BCUT2D eigenvalue weighted by molar-refractivity contribution is 6.76. The number of rotatable bonds is 11. The summed E-state index contributed by atoms with van der Waals surface area (Å²) in [6.45, 7) is 12.5. The lowest BCUT2D eigenvalue weighted by atomic mass is 9.99. The highest BCUT2D eigenvalue weighted by Crippen LogP contribution is 2.48. The van der Waals surface area contributed by atoms with Gasteiger partial charge in [-0.2, -0.15) is 0 Å². The number of nitrogens with one attached hydrogen (secondary N) is 1. The predicted molar refractivity (Wildman–Crippen MR) is 135 cm³/mol. The smallest absolute Gasteiger partial charge is 0.234 e. The minimum Gasteiger partial charge on any atom is -0.356 e. The normalized spacial score (nSPS) is 15.4. The van der Waals surface area contributed by atoms with E-state index < -0.39 is 19.1 Å². The summed E-state index contributed by atoms with van der Waals surface area (Å²) in [5.74, 6) is 0.694. The minimum absolute atomic E-state index is 0.00219. The monoisotopic (exact) mass is 480 g/mol. The van der Waals surface area contributed by atoms with E-state index in [4.69, 9.17) is 9.47 Å². The SMILES string of the molecule is CC(C)(OCOCC[Si](C)(C)C)c1cccn2c(C3(C(=O)NCc4ccccc4)CC3)nnc12. The third-order valence-corrected chi connectivity index (χ3v) is 8.20. The van der Waals surface area contributed by atoms with Crippen LogP contribution in [-0.2, 0) is 31.8 Å². The van der Waals surface area contributed by atoms with Crippen molar-refractivity contribution in [3.63, 3.8) is 0 Å². The maximum absolute atomic E-state index is 13.2. The zero-order chi connectivity index (χ0) is 24.4. The number of benzene rings is 1. The summed E-state index contributed by atoms with van der Waals surface area (Å²) in [5.41, 5.74) is 1.47. The van der Waals surface area contributed by atoms with E-state index in [1.54, 1.807) is 0 Å². The van der Waals surface area contributed by atoms with Crippen LogP contribution in [0.3, 0.4) is 0 Å². The summed E-state index contributed by atoms with van der Waals surface area (Å²) in [7, 11) is -1.13. The summed E-state index contributed by atoms with van der Waals surface area (Å²) < 4.78 is 13.8. The van der Waals surface area contributed by atoms with Gasteiger partial charge >= 0.3 is 0 Å². The maximum atomic E-state index is 13.2. The number of amides is 1. The number of ether oxygens (including phenoxy) is 2. The lowest BCUT2D eigenvalue weighted by Gasteiger charge is -2.26. The Morgan fingerprint density at radius 3 is 2.53 bits per heavy atom. The zero-order valence-corrected chi connectivity index (χ0v) is 21.9. The van der Waals surface area contributed by atoms with E-state index in [2.05, 4.69) is 35.2 Å². The van der Waals surface area contributed by atoms with E-state index in [0.29, 0.717) is 24.6 Å². The molecule has 1 aliphatic rings. The highest BCUT2D eigenvalue weighted by Gasteiger charge is 2.55. The average Bonchev–Trinajstić information content (AvgIpc) is 3.49. The molecular formula is C26H36N4O3Si. The molecule has 1 aliphatic carbocycles. The van der Waals surface area contributed by atoms with Gasteiger partial charge in [0.15, 0.2) is 11.5 Å². The fourth-order valence-corrected chi connectivity index (χ4v) is 4.80. The summed E-state index contributed by atoms with van der Waals surface area (Å²) in [6.07, 6.45) is 3.46. The van der Waals surface area contributed by atoms with E-state index in [1.165, 1.54) is 0 Å². The lowest BCUT2D eigenvalue weighted by Crippen LogP contribution is -2.35. The van der Waals surface area contributed by atoms with Crippen molar-refractivity contribution in [2.75, 3.05) is 13.4 Å². The topological polar surface area (TPSA) is 77.8 Å². The molecule has 34 heavy (non-hydrogen) atoms. The van der Waals surface area contributed by atoms with Gasteiger partial charge in [-0.15, -0.1) is 10.2 Å². The molecule has 0 spiro atoms. The quantitative estimate of drug-likeness (QED) is 0.246. The summed E-state index contributed by atoms with van der Waals surface area (Å²) in [4.78, 5) is 13.2. The Kier molecular flexibility index (Phi) is 6.94. The molecule has 2 heterocycles. The molecule has 0 aliphatic heterocycles. The molecule has 1 amide bonds. The first kappa shape index (κ1) is 24.6. The number of pyridine rings is 1. The van der Waals surface area contributed by atoms with E-state index in [0.717, 1.165) is 30.0 Å². The van der Waals surface area contributed by atoms with E-state index in [1.807, 2.05) is 66.9 Å². The molecule has 1 saturated carbocycles. The second-order valence-electron chi connectivity index (χ2n) is 10.9. The van der Waals surface area contributed by atoms with Crippen molar-refractivity contribution in [2.45, 2.75) is 69.9 Å². The molecule has 1 N–H and O–H groups in total. The van der Waals surface area contributed by atoms with Gasteiger partial charge in [0.25, 0.3) is 0 Å². The Bertz CT molecular complexity index is 1130. The van der Waals surface area contributed by atoms with Gasteiger partial charge in [0.2, 0.25) is 5.91 Å². The van der Waals surface area contributed by atoms with Gasteiger partial charge in [0.05, 0.1) is 5.60 Å². The summed E-state index contributed by atoms with van der Waals surface area (Å²) >= 11 is 0. The molecule has 182 valence electrons. The number of nitrogens with zero attached hydrogens (tertiary/aromatic N) is 3. The van der Waals surface area contributed by atoms with E-state index in [9.17, 15) is 4.79 Å². The molecular weight excluding hydrogens is 444 g/mol. The number of carbonyl (C=O) groups excluding carboxylic acids is 1. The van der Waals surface area contributed by atoms with Crippen LogP contribution in [0.15, 0.2) is 48.7 Å². The van der Waals surface area contributed by atoms with E-state index in [-0.39, 0.29) is 12.7 Å². The van der Waals surface area contributed by atoms with Crippen molar-refractivity contribution >= 4 is 19.6 Å². The second kappa shape index (κ2) is 9.60. The molecule has 1 aromatic carbocycles. The number of hydrogen-bond acceptors (Lipinski definition) is 5. The Labute approximate surface area is 202 Å². The predicted octanol–water partition coefficient (Wildman–Crippen LogP) is 4.64. The number of carbonyl (C=O) groups is 1. The first-order valence-electron chi connectivity index (χ1n) is 12.0. The molecule has 0 bridgehead atoms. The third kappa shape index (κ3) is 5.40. The van der Waals surface area contributed by atoms with Crippen molar-refractivity contribution in [3.05, 3.63) is 65.6 Å². The minimum atomic E-state index is -1.13. The fraction of sp³-hybridized carbons (Fsp3) is 0.500. The summed E-state index contributed by atoms with van der Waals surface area (Å²) in [6, 6.07) is 15.0. The van der Waals surface area contributed by atoms with Gasteiger partial charge in [0.1, 0.15) is 12.2 Å². The van der Waals surface area contributed by atoms with Crippen molar-refractivity contribution in [1.29, 1.82) is 0 Å². The molecule has 3 aromatic rings. The molecule has 8 heteroatoms. The van der Waals surface area contributed by atoms with Crippen LogP contribution < -0.4 is 5.32 Å². The largest absolute Gasteiger partial charge is 0.356 e. The van der Waals surface area contributed by atoms with Crippen molar-refractivity contribution in [1.82, 2.24) is 19.9 Å². The first-order valence-corrected chi connectivity index (χ1v) is 15.7. The number of aromatic nitrogens is 3. The van der Waals surface area contributed by atoms with Gasteiger partial charge in [-0.05, 0) is 44.4 Å². The average molecular weight is 481 g/mol. The Morgan fingerprint density at radius 1 is 1.12 bits per heavy atom. The lowest BCUT2D eigenvalue weighted by molar-refractivity contribution is -0.128. The van der Waals surface area contributed by atoms with E-state index >= 15 is 0 Å². The van der Waals surface area contributed by atoms with Gasteiger partial charge in [-0.25, -0.2) is 0 Å². The van der Waals surface area contributed by atoms with Crippen molar-refractivity contribution < 1.29 is 14.3 Å². The number of fused-ring (bicyclic) bond motifs is 1. The summed E-state index contributed by atoms with van der Waals surface area (Å²) in [5, 5.41) is 12.1. The van der Waals surface area contributed by atoms with Crippen LogP contribution >= 0.6 is 0 Å². The molecule has 0 radical (unpaired) electrons. The zero-order valence-electron chi connectivity index (χ0n) is 20.9. The fourth-order valence-electron chi connectivity index (χ4n) is 4.04. The van der Waals surface area contributed by atoms with Crippen LogP contribution in [0.4, 0.5) is 0 Å². The van der Waals surface area contributed by atoms with Gasteiger partial charge < -0.3 is 14.8 Å². The molecule has 2 aromatic heterocycles. The van der Waals surface area contributed by atoms with Crippen molar-refractivity contribution in [2.24, 2.45) is 0 Å². The molecule has 0 atom stereocenters. The molecule has 1 fully saturated rings. The van der Waals surface area contributed by atoms with Crippen LogP contribution in [0.25, 0.3) is 5.65 Å². The number of hydrogen-bond donors (Lipinski definition) is 1. The van der Waals surface area contributed by atoms with Gasteiger partial charge in [0, 0.05) is 33.0 Å². The van der Waals surface area contributed by atoms with Crippen LogP contribution in [0.5, 0.6) is 0 Å². The molecule has 7 nitrogen and oxygen atoms in total. The highest BCUT2D eigenvalue weighted by atomic mass is 28.3. The first-order chi connectivity index (χ1) is 16.1. The molecule has 4 rings (SSSR count). The van der Waals surface area contributed by atoms with Crippen LogP contribution in [0.1, 0.15) is 43.6 Å². The van der Waals surface area contributed by atoms with Gasteiger partial charge in [-0.3, -0.25) is 9.20 Å². The maximum Gasteiger partial charge on any atom is 0.234 e. The molecule has 0 unspecified atom stereocenters. The van der Waals surface area contributed by atoms with Gasteiger partial charge in [-0.1, -0.05) is 56.0 Å². The van der Waals surface area contributed by atoms with Crippen LogP contribution in [0.2, 0.25) is 25.7 Å². The Hall–Kier alpha value is -2.55.